The molecule has 0 aliphatic rings. The van der Waals surface area contributed by atoms with Gasteiger partial charge in [-0.05, 0) is 48.5 Å². The molecule has 2 heterocycles. The van der Waals surface area contributed by atoms with Crippen molar-refractivity contribution in [2.45, 2.75) is 12.5 Å². The number of H-pyrrole nitrogens is 1. The molecule has 1 atom stereocenters. The number of rotatable bonds is 4. The molecule has 0 amide bonds. The second kappa shape index (κ2) is 6.48. The molecule has 5 nitrogen and oxygen atoms in total. The second-order valence-corrected chi connectivity index (χ2v) is 6.10. The lowest BCUT2D eigenvalue weighted by Gasteiger charge is -2.17. The van der Waals surface area contributed by atoms with Crippen LogP contribution in [0.25, 0.3) is 21.8 Å². The molecule has 138 valence electrons. The summed E-state index contributed by atoms with van der Waals surface area (Å²) in [5.74, 6) is 0. The van der Waals surface area contributed by atoms with Crippen LogP contribution in [0.5, 0.6) is 0 Å². The summed E-state index contributed by atoms with van der Waals surface area (Å²) in [5, 5.41) is 17.2. The summed E-state index contributed by atoms with van der Waals surface area (Å²) in [6, 6.07) is 12.3. The highest BCUT2D eigenvalue weighted by Gasteiger charge is 2.30. The number of aromatic nitrogens is 2. The van der Waals surface area contributed by atoms with E-state index in [1.54, 1.807) is 6.07 Å². The molecule has 0 bridgehead atoms. The maximum Gasteiger partial charge on any atom is 0.416 e. The second-order valence-electron chi connectivity index (χ2n) is 6.10. The van der Waals surface area contributed by atoms with Gasteiger partial charge in [-0.3, -0.25) is 4.98 Å². The summed E-state index contributed by atoms with van der Waals surface area (Å²) in [6.45, 7) is 0. The molecule has 0 fully saturated rings. The number of pyridine rings is 1. The maximum absolute atomic E-state index is 12.9. The van der Waals surface area contributed by atoms with Gasteiger partial charge in [0.25, 0.3) is 0 Å². The van der Waals surface area contributed by atoms with E-state index in [1.807, 2.05) is 24.4 Å². The quantitative estimate of drug-likeness (QED) is 0.397. The number of anilines is 2. The molecule has 0 radical (unpaired) electrons. The number of nitrogens with zero attached hydrogens (tertiary/aromatic N) is 1. The van der Waals surface area contributed by atoms with Gasteiger partial charge in [-0.25, -0.2) is 0 Å². The number of aromatic amines is 1. The third-order valence-electron chi connectivity index (χ3n) is 4.17. The normalized spacial score (nSPS) is 13.0. The van der Waals surface area contributed by atoms with Gasteiger partial charge in [-0.2, -0.15) is 13.2 Å². The molecule has 8 heteroatoms. The molecule has 27 heavy (non-hydrogen) atoms. The Morgan fingerprint density at radius 3 is 2.52 bits per heavy atom. The topological polar surface area (TPSA) is 73.0 Å². The van der Waals surface area contributed by atoms with Crippen LogP contribution in [0.2, 0.25) is 0 Å². The van der Waals surface area contributed by atoms with Crippen LogP contribution in [0, 0.1) is 0 Å². The summed E-state index contributed by atoms with van der Waals surface area (Å²) in [5.41, 5.74) is 1.75. The molecular weight excluding hydrogens is 357 g/mol. The molecule has 0 aliphatic carbocycles. The predicted octanol–water partition coefficient (Wildman–Crippen LogP) is 4.53. The van der Waals surface area contributed by atoms with Crippen LogP contribution < -0.4 is 10.6 Å². The number of benzene rings is 2. The molecule has 0 saturated carbocycles. The van der Waals surface area contributed by atoms with Crippen molar-refractivity contribution in [3.8, 4) is 0 Å². The average molecular weight is 372 g/mol. The van der Waals surface area contributed by atoms with Gasteiger partial charge in [0.2, 0.25) is 6.35 Å². The highest BCUT2D eigenvalue weighted by Crippen LogP contribution is 2.31. The summed E-state index contributed by atoms with van der Waals surface area (Å²) < 4.78 is 38.6. The maximum atomic E-state index is 12.9. The molecule has 0 aliphatic heterocycles. The molecule has 4 rings (SSSR count). The van der Waals surface area contributed by atoms with E-state index in [4.69, 9.17) is 0 Å². The first kappa shape index (κ1) is 17.2. The van der Waals surface area contributed by atoms with Crippen molar-refractivity contribution >= 4 is 33.2 Å². The highest BCUT2D eigenvalue weighted by molar-refractivity contribution is 5.84. The van der Waals surface area contributed by atoms with E-state index in [0.29, 0.717) is 22.3 Å². The van der Waals surface area contributed by atoms with E-state index < -0.39 is 18.1 Å². The van der Waals surface area contributed by atoms with Crippen molar-refractivity contribution in [2.75, 3.05) is 10.6 Å². The van der Waals surface area contributed by atoms with E-state index in [9.17, 15) is 18.3 Å². The number of aliphatic hydroxyl groups excluding tert-OH is 1. The Kier molecular flexibility index (Phi) is 4.12. The van der Waals surface area contributed by atoms with Crippen molar-refractivity contribution < 1.29 is 18.3 Å². The number of hydrogen-bond donors (Lipinski definition) is 4. The SMILES string of the molecule is OC(Nc1cnc2ccc(C(F)(F)F)cc2c1)Nc1ccc2[nH]ccc2c1. The minimum atomic E-state index is -4.42. The van der Waals surface area contributed by atoms with Crippen LogP contribution in [-0.2, 0) is 6.18 Å². The zero-order chi connectivity index (χ0) is 19.0. The Hall–Kier alpha value is -3.26. The number of halogens is 3. The number of hydrogen-bond acceptors (Lipinski definition) is 4. The Balaban J connectivity index is 1.52. The molecule has 0 spiro atoms. The summed E-state index contributed by atoms with van der Waals surface area (Å²) in [7, 11) is 0. The van der Waals surface area contributed by atoms with Crippen molar-refractivity contribution in [1.29, 1.82) is 0 Å². The molecule has 4 N–H and O–H groups in total. The molecule has 4 aromatic rings. The van der Waals surface area contributed by atoms with Gasteiger partial charge in [0, 0.05) is 28.2 Å². The van der Waals surface area contributed by atoms with Crippen LogP contribution >= 0.6 is 0 Å². The van der Waals surface area contributed by atoms with Gasteiger partial charge in [-0.1, -0.05) is 0 Å². The average Bonchev–Trinajstić information content (AvgIpc) is 3.08. The van der Waals surface area contributed by atoms with Crippen LogP contribution in [-0.4, -0.2) is 21.4 Å². The van der Waals surface area contributed by atoms with Crippen LogP contribution in [0.3, 0.4) is 0 Å². The zero-order valence-corrected chi connectivity index (χ0v) is 13.9. The van der Waals surface area contributed by atoms with E-state index in [-0.39, 0.29) is 0 Å². The highest BCUT2D eigenvalue weighted by atomic mass is 19.4. The third kappa shape index (κ3) is 3.65. The number of aliphatic hydroxyl groups is 1. The van der Waals surface area contributed by atoms with Crippen LogP contribution in [0.4, 0.5) is 24.5 Å². The van der Waals surface area contributed by atoms with E-state index >= 15 is 0 Å². The minimum absolute atomic E-state index is 0.329. The smallest absolute Gasteiger partial charge is 0.361 e. The Bertz CT molecular complexity index is 1110. The molecule has 2 aromatic heterocycles. The van der Waals surface area contributed by atoms with Crippen LogP contribution in [0.1, 0.15) is 5.56 Å². The van der Waals surface area contributed by atoms with Gasteiger partial charge < -0.3 is 20.7 Å². The van der Waals surface area contributed by atoms with Crippen molar-refractivity contribution in [2.24, 2.45) is 0 Å². The fourth-order valence-electron chi connectivity index (χ4n) is 2.88. The van der Waals surface area contributed by atoms with Crippen molar-refractivity contribution in [3.05, 3.63) is 66.5 Å². The Morgan fingerprint density at radius 2 is 1.70 bits per heavy atom. The molecule has 1 unspecified atom stereocenters. The monoisotopic (exact) mass is 372 g/mol. The fraction of sp³-hybridized carbons (Fsp3) is 0.105. The van der Waals surface area contributed by atoms with E-state index in [2.05, 4.69) is 20.6 Å². The minimum Gasteiger partial charge on any atom is -0.361 e. The summed E-state index contributed by atoms with van der Waals surface area (Å²) in [6.07, 6.45) is -2.30. The molecule has 2 aromatic carbocycles. The lowest BCUT2D eigenvalue weighted by atomic mass is 10.1. The van der Waals surface area contributed by atoms with Crippen molar-refractivity contribution in [1.82, 2.24) is 9.97 Å². The number of fused-ring (bicyclic) bond motifs is 2. The largest absolute Gasteiger partial charge is 0.416 e. The van der Waals surface area contributed by atoms with E-state index in [1.165, 1.54) is 18.3 Å². The number of alkyl halides is 3. The number of nitrogens with one attached hydrogen (secondary N) is 3. The van der Waals surface area contributed by atoms with E-state index in [0.717, 1.165) is 23.0 Å². The van der Waals surface area contributed by atoms with Gasteiger partial charge in [0.15, 0.2) is 0 Å². The van der Waals surface area contributed by atoms with Gasteiger partial charge in [0.1, 0.15) is 0 Å². The lowest BCUT2D eigenvalue weighted by Crippen LogP contribution is -2.27. The summed E-state index contributed by atoms with van der Waals surface area (Å²) >= 11 is 0. The van der Waals surface area contributed by atoms with Crippen molar-refractivity contribution in [3.63, 3.8) is 0 Å². The van der Waals surface area contributed by atoms with Gasteiger partial charge in [-0.15, -0.1) is 0 Å². The predicted molar refractivity (Wildman–Crippen MR) is 98.3 cm³/mol. The lowest BCUT2D eigenvalue weighted by molar-refractivity contribution is -0.137. The van der Waals surface area contributed by atoms with Crippen LogP contribution in [0.15, 0.2) is 60.9 Å². The zero-order valence-electron chi connectivity index (χ0n) is 13.9. The standard InChI is InChI=1S/C19H15F3N4O/c20-19(21,22)13-1-3-17-12(7-13)9-15(10-24-17)26-18(27)25-14-2-4-16-11(8-14)5-6-23-16/h1-10,18,23,25-27H. The Labute approximate surface area is 151 Å². The third-order valence-corrected chi connectivity index (χ3v) is 4.17. The molecule has 0 saturated heterocycles. The first-order valence-corrected chi connectivity index (χ1v) is 8.14. The first-order valence-electron chi connectivity index (χ1n) is 8.14. The Morgan fingerprint density at radius 1 is 0.926 bits per heavy atom. The van der Waals surface area contributed by atoms with Gasteiger partial charge >= 0.3 is 6.18 Å². The van der Waals surface area contributed by atoms with Gasteiger partial charge in [0.05, 0.1) is 23.0 Å². The fourth-order valence-corrected chi connectivity index (χ4v) is 2.88. The molecular formula is C19H15F3N4O. The summed E-state index contributed by atoms with van der Waals surface area (Å²) in [4.78, 5) is 7.20. The first-order chi connectivity index (χ1) is 12.9.